The number of aliphatic hydroxyl groups is 1. The van der Waals surface area contributed by atoms with Crippen molar-refractivity contribution in [2.75, 3.05) is 6.35 Å². The number of nitrogens with two attached hydrogens (primary N) is 2. The largest absolute Gasteiger partial charge is 0.394 e. The average Bonchev–Trinajstić information content (AvgIpc) is 1.56. The van der Waals surface area contributed by atoms with Crippen molar-refractivity contribution in [3.8, 4) is 0 Å². The third-order valence-electron chi connectivity index (χ3n) is 0. The molecule has 0 aromatic carbocycles. The summed E-state index contributed by atoms with van der Waals surface area (Å²) in [6.07, 6.45) is 0.167. The highest BCUT2D eigenvalue weighted by atomic mass is 32.3. The molecule has 0 radical (unpaired) electrons. The van der Waals surface area contributed by atoms with E-state index in [-0.39, 0.29) is 16.2 Å². The maximum atomic E-state index is 9.00. The number of urea groups is 1. The summed E-state index contributed by atoms with van der Waals surface area (Å²) in [6, 6.07) is -0.833. The average molecular weight is 256 g/mol. The fourth-order valence-corrected chi connectivity index (χ4v) is 0. The van der Waals surface area contributed by atoms with Gasteiger partial charge in [0.1, 0.15) is 0 Å². The van der Waals surface area contributed by atoms with Crippen molar-refractivity contribution in [2.45, 2.75) is 0 Å². The molecule has 0 aliphatic rings. The third-order valence-corrected chi connectivity index (χ3v) is 0. The van der Waals surface area contributed by atoms with Gasteiger partial charge in [0.15, 0.2) is 0 Å². The Bertz CT molecular complexity index is 181. The fraction of sp³-hybridized carbons (Fsp3) is 0.500. The maximum Gasteiger partial charge on any atom is 0.394 e. The lowest BCUT2D eigenvalue weighted by Gasteiger charge is -1.68. The molecule has 0 aromatic heterocycles. The van der Waals surface area contributed by atoms with E-state index in [1.165, 1.54) is 0 Å². The maximum absolute atomic E-state index is 9.00. The summed E-state index contributed by atoms with van der Waals surface area (Å²) in [7, 11) is -2.53. The van der Waals surface area contributed by atoms with Gasteiger partial charge in [0.25, 0.3) is 0 Å². The Morgan fingerprint density at radius 3 is 1.31 bits per heavy atom. The SMILES string of the molecule is NC(N)=O.O=S(=O)(O)O.OCP.P. The molecule has 0 aromatic rings. The van der Waals surface area contributed by atoms with Crippen molar-refractivity contribution < 1.29 is 27.4 Å². The van der Waals surface area contributed by atoms with Gasteiger partial charge < -0.3 is 16.6 Å². The van der Waals surface area contributed by atoms with Crippen molar-refractivity contribution >= 4 is 35.6 Å². The van der Waals surface area contributed by atoms with Crippen LogP contribution in [0.2, 0.25) is 0 Å². The van der Waals surface area contributed by atoms with Crippen LogP contribution in [0, 0.1) is 0 Å². The first-order valence-corrected chi connectivity index (χ1v) is 4.42. The number of hydrogen-bond acceptors (Lipinski definition) is 4. The Morgan fingerprint density at radius 1 is 1.31 bits per heavy atom. The van der Waals surface area contributed by atoms with Crippen molar-refractivity contribution in [1.29, 1.82) is 0 Å². The normalized spacial score (nSPS) is 7.69. The van der Waals surface area contributed by atoms with Crippen LogP contribution in [0.1, 0.15) is 0 Å². The Hall–Kier alpha value is -0.0400. The molecule has 11 heteroatoms. The molecule has 0 rings (SSSR count). The molecule has 84 valence electrons. The molecule has 8 nitrogen and oxygen atoms in total. The van der Waals surface area contributed by atoms with Crippen molar-refractivity contribution in [2.24, 2.45) is 11.5 Å². The monoisotopic (exact) mass is 256 g/mol. The van der Waals surface area contributed by atoms with E-state index in [4.69, 9.17) is 27.4 Å². The second kappa shape index (κ2) is 14.5. The molecule has 0 bridgehead atoms. The van der Waals surface area contributed by atoms with Crippen molar-refractivity contribution in [1.82, 2.24) is 0 Å². The van der Waals surface area contributed by atoms with Gasteiger partial charge in [0, 0.05) is 0 Å². The van der Waals surface area contributed by atoms with E-state index in [1.807, 2.05) is 0 Å². The molecule has 0 spiro atoms. The summed E-state index contributed by atoms with van der Waals surface area (Å²) in [5.74, 6) is 0. The summed E-state index contributed by atoms with van der Waals surface area (Å²) in [5.41, 5.74) is 8.50. The molecule has 2 unspecified atom stereocenters. The molecule has 0 saturated carbocycles. The van der Waals surface area contributed by atoms with Crippen LogP contribution in [-0.4, -0.2) is 35.0 Å². The molecule has 2 amide bonds. The van der Waals surface area contributed by atoms with E-state index in [0.717, 1.165) is 0 Å². The van der Waals surface area contributed by atoms with E-state index in [0.29, 0.717) is 0 Å². The van der Waals surface area contributed by atoms with Gasteiger partial charge in [-0.05, 0) is 0 Å². The molecular weight excluding hydrogens is 242 g/mol. The number of amides is 2. The van der Waals surface area contributed by atoms with Gasteiger partial charge >= 0.3 is 16.4 Å². The highest BCUT2D eigenvalue weighted by Crippen LogP contribution is 1.63. The summed E-state index contributed by atoms with van der Waals surface area (Å²) >= 11 is 0. The Balaban J connectivity index is -0.0000000465. The first kappa shape index (κ1) is 23.1. The predicted octanol–water partition coefficient (Wildman–Crippen LogP) is -1.76. The number of aliphatic hydroxyl groups excluding tert-OH is 1. The van der Waals surface area contributed by atoms with Crippen LogP contribution in [0.15, 0.2) is 0 Å². The molecule has 7 N–H and O–H groups in total. The van der Waals surface area contributed by atoms with Gasteiger partial charge in [0.05, 0.1) is 6.35 Å². The Labute approximate surface area is 81.5 Å². The van der Waals surface area contributed by atoms with Gasteiger partial charge in [-0.25, -0.2) is 4.79 Å². The lowest BCUT2D eigenvalue weighted by Crippen LogP contribution is -2.18. The molecule has 13 heavy (non-hydrogen) atoms. The van der Waals surface area contributed by atoms with Gasteiger partial charge in [-0.2, -0.15) is 18.3 Å². The zero-order valence-electron chi connectivity index (χ0n) is 6.62. The second-order valence-electron chi connectivity index (χ2n) is 1.03. The van der Waals surface area contributed by atoms with Gasteiger partial charge in [-0.1, -0.05) is 0 Å². The summed E-state index contributed by atoms with van der Waals surface area (Å²) in [6.45, 7) is 0. The molecule has 0 fully saturated rings. The van der Waals surface area contributed by atoms with E-state index in [2.05, 4.69) is 20.7 Å². The quantitative estimate of drug-likeness (QED) is 0.254. The lowest BCUT2D eigenvalue weighted by atomic mass is 11.2. The van der Waals surface area contributed by atoms with Gasteiger partial charge in [-0.15, -0.1) is 9.24 Å². The first-order valence-electron chi connectivity index (χ1n) is 2.20. The first-order chi connectivity index (χ1) is 5.15. The minimum atomic E-state index is -4.67. The standard InChI is InChI=1S/CH4N2O.CH5OP.H2O4S.H3P/c2-1(3)4;2-1-3;1-5(2,3)4;/h(H4,2,3,4);2H,1,3H2;(H2,1,2,3,4);1H3. The number of carbonyl (C=O) groups excluding carboxylic acids is 1. The van der Waals surface area contributed by atoms with E-state index >= 15 is 0 Å². The lowest BCUT2D eigenvalue weighted by molar-refractivity contribution is 0.256. The zero-order valence-corrected chi connectivity index (χ0v) is 10.0. The number of primary amides is 2. The second-order valence-corrected chi connectivity index (χ2v) is 2.29. The van der Waals surface area contributed by atoms with Crippen molar-refractivity contribution in [3.63, 3.8) is 0 Å². The number of carbonyl (C=O) groups is 1. The highest BCUT2D eigenvalue weighted by Gasteiger charge is 1.84. The smallest absolute Gasteiger partial charge is 0.392 e. The molecule has 0 aliphatic heterocycles. The minimum absolute atomic E-state index is 0. The third kappa shape index (κ3) is 742000. The summed E-state index contributed by atoms with van der Waals surface area (Å²) in [4.78, 5) is 9.00. The molecule has 0 saturated heterocycles. The molecule has 0 heterocycles. The van der Waals surface area contributed by atoms with E-state index in [1.54, 1.807) is 0 Å². The summed E-state index contributed by atoms with van der Waals surface area (Å²) < 4.78 is 31.6. The number of rotatable bonds is 0. The van der Waals surface area contributed by atoms with Crippen LogP contribution in [-0.2, 0) is 10.4 Å². The van der Waals surface area contributed by atoms with Crippen LogP contribution in [0.4, 0.5) is 4.79 Å². The Kier molecular flexibility index (Phi) is 25.7. The van der Waals surface area contributed by atoms with Gasteiger partial charge in [0.2, 0.25) is 0 Å². The van der Waals surface area contributed by atoms with Gasteiger partial charge in [-0.3, -0.25) is 9.11 Å². The van der Waals surface area contributed by atoms with E-state index < -0.39 is 16.4 Å². The zero-order chi connectivity index (χ0) is 10.8. The molecule has 2 atom stereocenters. The Morgan fingerprint density at radius 2 is 1.31 bits per heavy atom. The topological polar surface area (TPSA) is 164 Å². The molecule has 0 aliphatic carbocycles. The van der Waals surface area contributed by atoms with Crippen LogP contribution in [0.3, 0.4) is 0 Å². The summed E-state index contributed by atoms with van der Waals surface area (Å²) in [5, 5.41) is 7.53. The van der Waals surface area contributed by atoms with Crippen LogP contribution >= 0.6 is 19.1 Å². The number of hydrogen-bond donors (Lipinski definition) is 5. The van der Waals surface area contributed by atoms with Crippen LogP contribution in [0.25, 0.3) is 0 Å². The van der Waals surface area contributed by atoms with Crippen LogP contribution in [0.5, 0.6) is 0 Å². The van der Waals surface area contributed by atoms with Crippen molar-refractivity contribution in [3.05, 3.63) is 0 Å². The predicted molar refractivity (Wildman–Crippen MR) is 55.8 cm³/mol. The fourth-order valence-electron chi connectivity index (χ4n) is 0. The highest BCUT2D eigenvalue weighted by molar-refractivity contribution is 7.79. The molecular formula is C2H14N2O6P2S. The van der Waals surface area contributed by atoms with E-state index in [9.17, 15) is 0 Å². The minimum Gasteiger partial charge on any atom is -0.392 e. The van der Waals surface area contributed by atoms with Crippen LogP contribution < -0.4 is 11.5 Å².